The summed E-state index contributed by atoms with van der Waals surface area (Å²) in [7, 11) is 0. The van der Waals surface area contributed by atoms with Crippen LogP contribution in [0.25, 0.3) is 0 Å². The summed E-state index contributed by atoms with van der Waals surface area (Å²) >= 11 is 6.10. The lowest BCUT2D eigenvalue weighted by atomic mass is 9.86. The van der Waals surface area contributed by atoms with Crippen LogP contribution in [0.3, 0.4) is 0 Å². The Hall–Kier alpha value is -1.06. The van der Waals surface area contributed by atoms with Gasteiger partial charge in [-0.2, -0.15) is 0 Å². The van der Waals surface area contributed by atoms with Crippen molar-refractivity contribution >= 4 is 23.2 Å². The van der Waals surface area contributed by atoms with Gasteiger partial charge in [0.05, 0.1) is 10.7 Å². The van der Waals surface area contributed by atoms with E-state index in [1.165, 1.54) is 0 Å². The van der Waals surface area contributed by atoms with Gasteiger partial charge in [0, 0.05) is 12.0 Å². The number of anilines is 1. The molecule has 0 aliphatic heterocycles. The van der Waals surface area contributed by atoms with Crippen molar-refractivity contribution in [3.8, 4) is 0 Å². The van der Waals surface area contributed by atoms with Crippen molar-refractivity contribution in [3.05, 3.63) is 28.8 Å². The number of para-hydroxylation sites is 1. The number of benzene rings is 1. The molecule has 18 heavy (non-hydrogen) atoms. The molecule has 0 spiro atoms. The van der Waals surface area contributed by atoms with E-state index < -0.39 is 0 Å². The molecule has 2 rings (SSSR count). The molecule has 0 radical (unpaired) electrons. The van der Waals surface area contributed by atoms with Crippen molar-refractivity contribution in [1.29, 1.82) is 0 Å². The average Bonchev–Trinajstić information content (AvgIpc) is 2.34. The summed E-state index contributed by atoms with van der Waals surface area (Å²) in [5.41, 5.74) is 7.57. The number of nitrogens with two attached hydrogens (primary N) is 1. The number of amides is 1. The number of hydrogen-bond acceptors (Lipinski definition) is 2. The Labute approximate surface area is 113 Å². The Bertz CT molecular complexity index is 419. The molecule has 1 aromatic rings. The monoisotopic (exact) mass is 266 g/mol. The molecule has 1 aliphatic rings. The molecule has 0 saturated heterocycles. The van der Waals surface area contributed by atoms with Crippen molar-refractivity contribution in [2.45, 2.75) is 38.6 Å². The third kappa shape index (κ3) is 3.03. The Morgan fingerprint density at radius 2 is 2.00 bits per heavy atom. The van der Waals surface area contributed by atoms with Crippen LogP contribution in [-0.4, -0.2) is 11.9 Å². The van der Waals surface area contributed by atoms with Crippen LogP contribution in [0.5, 0.6) is 0 Å². The number of hydrogen-bond donors (Lipinski definition) is 2. The topological polar surface area (TPSA) is 55.1 Å². The minimum atomic E-state index is 0.0677. The predicted octanol–water partition coefficient (Wildman–Crippen LogP) is 3.10. The molecule has 1 saturated carbocycles. The predicted molar refractivity (Wildman–Crippen MR) is 74.8 cm³/mol. The summed E-state index contributed by atoms with van der Waals surface area (Å²) in [6.45, 7) is 1.94. The van der Waals surface area contributed by atoms with E-state index in [9.17, 15) is 4.79 Å². The van der Waals surface area contributed by atoms with Gasteiger partial charge in [0.15, 0.2) is 0 Å². The number of rotatable bonds is 2. The zero-order valence-corrected chi connectivity index (χ0v) is 11.3. The SMILES string of the molecule is Cc1cccc(Cl)c1NC(=O)C1CCC(N)CC1. The lowest BCUT2D eigenvalue weighted by Gasteiger charge is -2.25. The number of carbonyl (C=O) groups is 1. The van der Waals surface area contributed by atoms with E-state index in [0.29, 0.717) is 5.02 Å². The minimum absolute atomic E-state index is 0.0677. The standard InChI is InChI=1S/C14H19ClN2O/c1-9-3-2-4-12(15)13(9)17-14(18)10-5-7-11(16)8-6-10/h2-4,10-11H,5-8,16H2,1H3,(H,17,18). The van der Waals surface area contributed by atoms with Gasteiger partial charge < -0.3 is 11.1 Å². The van der Waals surface area contributed by atoms with Crippen LogP contribution in [0.2, 0.25) is 5.02 Å². The van der Waals surface area contributed by atoms with Crippen LogP contribution in [0.4, 0.5) is 5.69 Å². The van der Waals surface area contributed by atoms with Crippen molar-refractivity contribution in [3.63, 3.8) is 0 Å². The van der Waals surface area contributed by atoms with Crippen LogP contribution in [0, 0.1) is 12.8 Å². The third-order valence-electron chi connectivity index (χ3n) is 3.61. The van der Waals surface area contributed by atoms with E-state index in [4.69, 9.17) is 17.3 Å². The molecule has 4 heteroatoms. The van der Waals surface area contributed by atoms with Gasteiger partial charge in [-0.1, -0.05) is 23.7 Å². The van der Waals surface area contributed by atoms with E-state index in [2.05, 4.69) is 5.32 Å². The van der Waals surface area contributed by atoms with E-state index in [0.717, 1.165) is 36.9 Å². The number of carbonyl (C=O) groups excluding carboxylic acids is 1. The molecule has 1 aromatic carbocycles. The summed E-state index contributed by atoms with van der Waals surface area (Å²) in [4.78, 5) is 12.2. The fourth-order valence-corrected chi connectivity index (χ4v) is 2.67. The van der Waals surface area contributed by atoms with Crippen LogP contribution in [0.1, 0.15) is 31.2 Å². The fourth-order valence-electron chi connectivity index (χ4n) is 2.40. The van der Waals surface area contributed by atoms with Gasteiger partial charge in [-0.3, -0.25) is 4.79 Å². The second-order valence-corrected chi connectivity index (χ2v) is 5.44. The summed E-state index contributed by atoms with van der Waals surface area (Å²) in [5.74, 6) is 0.138. The lowest BCUT2D eigenvalue weighted by Crippen LogP contribution is -2.32. The van der Waals surface area contributed by atoms with E-state index in [-0.39, 0.29) is 17.9 Å². The van der Waals surface area contributed by atoms with Gasteiger partial charge >= 0.3 is 0 Å². The van der Waals surface area contributed by atoms with E-state index in [1.807, 2.05) is 19.1 Å². The molecule has 0 aromatic heterocycles. The maximum atomic E-state index is 12.2. The summed E-state index contributed by atoms with van der Waals surface area (Å²) in [6.07, 6.45) is 3.60. The van der Waals surface area contributed by atoms with Crippen molar-refractivity contribution in [1.82, 2.24) is 0 Å². The summed E-state index contributed by atoms with van der Waals surface area (Å²) in [5, 5.41) is 3.54. The molecule has 1 fully saturated rings. The average molecular weight is 267 g/mol. The van der Waals surface area contributed by atoms with Gasteiger partial charge in [-0.25, -0.2) is 0 Å². The first-order valence-corrected chi connectivity index (χ1v) is 6.77. The zero-order valence-electron chi connectivity index (χ0n) is 10.6. The molecule has 0 unspecified atom stereocenters. The Balaban J connectivity index is 2.03. The molecule has 1 amide bonds. The van der Waals surface area contributed by atoms with Gasteiger partial charge in [0.1, 0.15) is 0 Å². The Kier molecular flexibility index (Phi) is 4.25. The Morgan fingerprint density at radius 1 is 1.33 bits per heavy atom. The molecular weight excluding hydrogens is 248 g/mol. The van der Waals surface area contributed by atoms with Gasteiger partial charge in [0.25, 0.3) is 0 Å². The normalized spacial score (nSPS) is 23.7. The van der Waals surface area contributed by atoms with E-state index >= 15 is 0 Å². The Morgan fingerprint density at radius 3 is 2.61 bits per heavy atom. The minimum Gasteiger partial charge on any atom is -0.328 e. The molecule has 98 valence electrons. The maximum absolute atomic E-state index is 12.2. The van der Waals surface area contributed by atoms with Gasteiger partial charge in [-0.05, 0) is 44.2 Å². The third-order valence-corrected chi connectivity index (χ3v) is 3.93. The number of aryl methyl sites for hydroxylation is 1. The maximum Gasteiger partial charge on any atom is 0.227 e. The highest BCUT2D eigenvalue weighted by Crippen LogP contribution is 2.28. The summed E-state index contributed by atoms with van der Waals surface area (Å²) in [6, 6.07) is 5.88. The summed E-state index contributed by atoms with van der Waals surface area (Å²) < 4.78 is 0. The first kappa shape index (κ1) is 13.4. The van der Waals surface area contributed by atoms with Crippen molar-refractivity contribution in [2.24, 2.45) is 11.7 Å². The van der Waals surface area contributed by atoms with Gasteiger partial charge in [0.2, 0.25) is 5.91 Å². The van der Waals surface area contributed by atoms with Crippen LogP contribution in [-0.2, 0) is 4.79 Å². The number of halogens is 1. The molecule has 3 N–H and O–H groups in total. The molecule has 1 aliphatic carbocycles. The van der Waals surface area contributed by atoms with Crippen molar-refractivity contribution in [2.75, 3.05) is 5.32 Å². The zero-order chi connectivity index (χ0) is 13.1. The highest BCUT2D eigenvalue weighted by molar-refractivity contribution is 6.33. The van der Waals surface area contributed by atoms with Gasteiger partial charge in [-0.15, -0.1) is 0 Å². The van der Waals surface area contributed by atoms with Crippen molar-refractivity contribution < 1.29 is 4.79 Å². The fraction of sp³-hybridized carbons (Fsp3) is 0.500. The molecule has 0 atom stereocenters. The highest BCUT2D eigenvalue weighted by Gasteiger charge is 2.25. The first-order chi connectivity index (χ1) is 8.58. The quantitative estimate of drug-likeness (QED) is 0.864. The second kappa shape index (κ2) is 5.72. The molecular formula is C14H19ClN2O. The molecule has 3 nitrogen and oxygen atoms in total. The van der Waals surface area contributed by atoms with Crippen LogP contribution >= 0.6 is 11.6 Å². The second-order valence-electron chi connectivity index (χ2n) is 5.03. The smallest absolute Gasteiger partial charge is 0.227 e. The largest absolute Gasteiger partial charge is 0.328 e. The van der Waals surface area contributed by atoms with Crippen LogP contribution in [0.15, 0.2) is 18.2 Å². The lowest BCUT2D eigenvalue weighted by molar-refractivity contribution is -0.120. The number of nitrogens with one attached hydrogen (secondary N) is 1. The molecule has 0 bridgehead atoms. The highest BCUT2D eigenvalue weighted by atomic mass is 35.5. The van der Waals surface area contributed by atoms with E-state index in [1.54, 1.807) is 6.07 Å². The first-order valence-electron chi connectivity index (χ1n) is 6.39. The van der Waals surface area contributed by atoms with Crippen LogP contribution < -0.4 is 11.1 Å². The molecule has 0 heterocycles.